The first kappa shape index (κ1) is 13.8. The van der Waals surface area contributed by atoms with E-state index in [0.717, 1.165) is 12.1 Å². The Balaban J connectivity index is 2.82. The summed E-state index contributed by atoms with van der Waals surface area (Å²) >= 11 is 0. The topological polar surface area (TPSA) is 77.2 Å². The lowest BCUT2D eigenvalue weighted by Crippen LogP contribution is -2.13. The van der Waals surface area contributed by atoms with Crippen LogP contribution in [0.4, 0.5) is 0 Å². The van der Waals surface area contributed by atoms with Crippen LogP contribution in [0.25, 0.3) is 0 Å². The van der Waals surface area contributed by atoms with Crippen molar-refractivity contribution in [1.29, 1.82) is 0 Å². The molecule has 17 heavy (non-hydrogen) atoms. The number of rotatable bonds is 8. The van der Waals surface area contributed by atoms with Crippen LogP contribution in [0.15, 0.2) is 0 Å². The summed E-state index contributed by atoms with van der Waals surface area (Å²) in [6.45, 7) is 2.68. The second-order valence-electron chi connectivity index (χ2n) is 3.94. The van der Waals surface area contributed by atoms with E-state index in [4.69, 9.17) is 9.84 Å². The maximum Gasteiger partial charge on any atom is 0.172 e. The highest BCUT2D eigenvalue weighted by Gasteiger charge is 2.16. The summed E-state index contributed by atoms with van der Waals surface area (Å²) < 4.78 is 6.75. The lowest BCUT2D eigenvalue weighted by atomic mass is 10.1. The van der Waals surface area contributed by atoms with Gasteiger partial charge in [-0.2, -0.15) is 0 Å². The minimum absolute atomic E-state index is 0.121. The Morgan fingerprint density at radius 1 is 1.59 bits per heavy atom. The van der Waals surface area contributed by atoms with E-state index in [1.165, 1.54) is 0 Å². The molecule has 6 heteroatoms. The van der Waals surface area contributed by atoms with E-state index in [1.54, 1.807) is 11.8 Å². The Morgan fingerprint density at radius 3 is 2.94 bits per heavy atom. The van der Waals surface area contributed by atoms with Gasteiger partial charge in [0.25, 0.3) is 0 Å². The van der Waals surface area contributed by atoms with Crippen molar-refractivity contribution in [3.05, 3.63) is 11.4 Å². The fraction of sp³-hybridized carbons (Fsp3) is 0.727. The van der Waals surface area contributed by atoms with Gasteiger partial charge in [0, 0.05) is 20.1 Å². The number of nitrogens with zero attached hydrogens (tertiary/aromatic N) is 3. The largest absolute Gasteiger partial charge is 0.396 e. The van der Waals surface area contributed by atoms with Crippen LogP contribution in [0.5, 0.6) is 0 Å². The molecule has 1 heterocycles. The van der Waals surface area contributed by atoms with E-state index in [-0.39, 0.29) is 12.6 Å². The summed E-state index contributed by atoms with van der Waals surface area (Å²) in [5, 5.41) is 16.6. The van der Waals surface area contributed by atoms with Gasteiger partial charge in [-0.05, 0) is 19.8 Å². The first-order chi connectivity index (χ1) is 8.24. The standard InChI is InChI=1S/C11H19N3O3/c1-9(4-3-6-15)14-11(5-7-17-2)10(8-16)12-13-14/h8-9,15H,3-7H2,1-2H3. The average molecular weight is 241 g/mol. The van der Waals surface area contributed by atoms with E-state index in [1.807, 2.05) is 6.92 Å². The fourth-order valence-corrected chi connectivity index (χ4v) is 1.72. The quantitative estimate of drug-likeness (QED) is 0.675. The molecule has 0 aliphatic rings. The summed E-state index contributed by atoms with van der Waals surface area (Å²) in [7, 11) is 1.61. The summed E-state index contributed by atoms with van der Waals surface area (Å²) in [5.41, 5.74) is 1.17. The zero-order valence-corrected chi connectivity index (χ0v) is 10.3. The van der Waals surface area contributed by atoms with Crippen molar-refractivity contribution in [2.75, 3.05) is 20.3 Å². The Morgan fingerprint density at radius 2 is 2.35 bits per heavy atom. The van der Waals surface area contributed by atoms with Crippen LogP contribution in [-0.4, -0.2) is 46.7 Å². The Kier molecular flexibility index (Phi) is 5.79. The van der Waals surface area contributed by atoms with Gasteiger partial charge in [-0.3, -0.25) is 4.79 Å². The first-order valence-corrected chi connectivity index (χ1v) is 5.73. The first-order valence-electron chi connectivity index (χ1n) is 5.73. The minimum atomic E-state index is 0.121. The molecular weight excluding hydrogens is 222 g/mol. The molecule has 1 aromatic rings. The predicted molar refractivity (Wildman–Crippen MR) is 62.0 cm³/mol. The van der Waals surface area contributed by atoms with Gasteiger partial charge in [0.05, 0.1) is 18.3 Å². The molecular formula is C11H19N3O3. The lowest BCUT2D eigenvalue weighted by Gasteiger charge is -2.14. The van der Waals surface area contributed by atoms with Crippen molar-refractivity contribution in [2.45, 2.75) is 32.2 Å². The van der Waals surface area contributed by atoms with Crippen molar-refractivity contribution in [3.8, 4) is 0 Å². The Bertz CT molecular complexity index is 352. The minimum Gasteiger partial charge on any atom is -0.396 e. The van der Waals surface area contributed by atoms with Crippen molar-refractivity contribution >= 4 is 6.29 Å². The second kappa shape index (κ2) is 7.13. The number of ether oxygens (including phenoxy) is 1. The molecule has 0 radical (unpaired) electrons. The number of aliphatic hydroxyl groups excluding tert-OH is 1. The van der Waals surface area contributed by atoms with Gasteiger partial charge in [0.15, 0.2) is 6.29 Å². The Hall–Kier alpha value is -1.27. The highest BCUT2D eigenvalue weighted by Crippen LogP contribution is 2.16. The highest BCUT2D eigenvalue weighted by atomic mass is 16.5. The number of hydrogen-bond acceptors (Lipinski definition) is 5. The molecule has 1 aromatic heterocycles. The van der Waals surface area contributed by atoms with E-state index >= 15 is 0 Å². The zero-order chi connectivity index (χ0) is 12.7. The summed E-state index contributed by atoms with van der Waals surface area (Å²) in [6.07, 6.45) is 2.84. The third-order valence-corrected chi connectivity index (χ3v) is 2.67. The summed E-state index contributed by atoms with van der Waals surface area (Å²) in [5.74, 6) is 0. The van der Waals surface area contributed by atoms with Gasteiger partial charge in [-0.15, -0.1) is 5.10 Å². The molecule has 0 spiro atoms. The fourth-order valence-electron chi connectivity index (χ4n) is 1.72. The molecule has 1 atom stereocenters. The Labute approximate surface area is 101 Å². The number of aldehydes is 1. The molecule has 0 aromatic carbocycles. The summed E-state index contributed by atoms with van der Waals surface area (Å²) in [4.78, 5) is 10.8. The van der Waals surface area contributed by atoms with Gasteiger partial charge in [0.1, 0.15) is 5.69 Å². The third kappa shape index (κ3) is 3.61. The van der Waals surface area contributed by atoms with Gasteiger partial charge in [0.2, 0.25) is 0 Å². The molecule has 0 saturated heterocycles. The monoisotopic (exact) mass is 241 g/mol. The molecule has 1 N–H and O–H groups in total. The molecule has 96 valence electrons. The second-order valence-corrected chi connectivity index (χ2v) is 3.94. The number of aromatic nitrogens is 3. The molecule has 0 aliphatic heterocycles. The molecule has 6 nitrogen and oxygen atoms in total. The van der Waals surface area contributed by atoms with Crippen molar-refractivity contribution in [2.24, 2.45) is 0 Å². The molecule has 0 amide bonds. The van der Waals surface area contributed by atoms with E-state index < -0.39 is 0 Å². The summed E-state index contributed by atoms with van der Waals surface area (Å²) in [6, 6.07) is 0.121. The number of carbonyl (C=O) groups excluding carboxylic acids is 1. The van der Waals surface area contributed by atoms with Crippen molar-refractivity contribution in [1.82, 2.24) is 15.0 Å². The third-order valence-electron chi connectivity index (χ3n) is 2.67. The van der Waals surface area contributed by atoms with Crippen LogP contribution < -0.4 is 0 Å². The number of aliphatic hydroxyl groups is 1. The zero-order valence-electron chi connectivity index (χ0n) is 10.3. The van der Waals surface area contributed by atoms with Crippen LogP contribution in [-0.2, 0) is 11.2 Å². The van der Waals surface area contributed by atoms with Crippen LogP contribution in [0.3, 0.4) is 0 Å². The maximum atomic E-state index is 10.8. The SMILES string of the molecule is COCCc1c(C=O)nnn1C(C)CCCO. The molecule has 1 unspecified atom stereocenters. The van der Waals surface area contributed by atoms with Crippen LogP contribution in [0.2, 0.25) is 0 Å². The lowest BCUT2D eigenvalue weighted by molar-refractivity contribution is 0.111. The highest BCUT2D eigenvalue weighted by molar-refractivity contribution is 5.73. The number of carbonyl (C=O) groups is 1. The van der Waals surface area contributed by atoms with Crippen molar-refractivity contribution < 1.29 is 14.6 Å². The maximum absolute atomic E-state index is 10.8. The predicted octanol–water partition coefficient (Wildman–Crippen LogP) is 0.613. The molecule has 0 saturated carbocycles. The smallest absolute Gasteiger partial charge is 0.172 e. The number of methoxy groups -OCH3 is 1. The molecule has 0 bridgehead atoms. The van der Waals surface area contributed by atoms with Gasteiger partial charge < -0.3 is 9.84 Å². The van der Waals surface area contributed by atoms with Gasteiger partial charge >= 0.3 is 0 Å². The van der Waals surface area contributed by atoms with E-state index in [2.05, 4.69) is 10.3 Å². The van der Waals surface area contributed by atoms with Crippen LogP contribution in [0.1, 0.15) is 42.0 Å². The van der Waals surface area contributed by atoms with Crippen LogP contribution >= 0.6 is 0 Å². The molecule has 0 aliphatic carbocycles. The van der Waals surface area contributed by atoms with Gasteiger partial charge in [-0.25, -0.2) is 4.68 Å². The molecule has 1 rings (SSSR count). The normalized spacial score (nSPS) is 12.6. The average Bonchev–Trinajstić information content (AvgIpc) is 2.76. The van der Waals surface area contributed by atoms with Gasteiger partial charge in [-0.1, -0.05) is 5.21 Å². The van der Waals surface area contributed by atoms with Crippen molar-refractivity contribution in [3.63, 3.8) is 0 Å². The van der Waals surface area contributed by atoms with Crippen LogP contribution in [0, 0.1) is 0 Å². The van der Waals surface area contributed by atoms with E-state index in [0.29, 0.717) is 31.4 Å². The molecule has 0 fully saturated rings. The van der Waals surface area contributed by atoms with E-state index in [9.17, 15) is 4.79 Å². The number of hydrogen-bond donors (Lipinski definition) is 1.